The zero-order valence-electron chi connectivity index (χ0n) is 20.2. The summed E-state index contributed by atoms with van der Waals surface area (Å²) in [5, 5.41) is 9.58. The van der Waals surface area contributed by atoms with Crippen LogP contribution in [0.2, 0.25) is 0 Å². The number of likely N-dealkylation sites (tertiary alicyclic amines) is 1. The van der Waals surface area contributed by atoms with Crippen molar-refractivity contribution in [2.24, 2.45) is 12.5 Å². The van der Waals surface area contributed by atoms with Crippen LogP contribution in [0.4, 0.5) is 13.2 Å². The normalized spacial score (nSPS) is 21.3. The van der Waals surface area contributed by atoms with Gasteiger partial charge >= 0.3 is 6.18 Å². The Labute approximate surface area is 226 Å². The van der Waals surface area contributed by atoms with Crippen LogP contribution in [0.5, 0.6) is 0 Å². The zero-order chi connectivity index (χ0) is 23.9. The van der Waals surface area contributed by atoms with Gasteiger partial charge in [0.15, 0.2) is 11.0 Å². The monoisotopic (exact) mass is 559 g/mol. The molecule has 3 heterocycles. The van der Waals surface area contributed by atoms with E-state index in [1.165, 1.54) is 12.1 Å². The van der Waals surface area contributed by atoms with E-state index >= 15 is 0 Å². The molecular formula is C25H30Cl2F3N5S. The maximum atomic E-state index is 13.5. The fourth-order valence-corrected chi connectivity index (χ4v) is 6.15. The average molecular weight is 561 g/mol. The minimum atomic E-state index is -4.29. The van der Waals surface area contributed by atoms with Gasteiger partial charge in [0.25, 0.3) is 0 Å². The van der Waals surface area contributed by atoms with Crippen LogP contribution in [-0.4, -0.2) is 50.0 Å². The Balaban J connectivity index is 0.00000180. The van der Waals surface area contributed by atoms with Crippen molar-refractivity contribution in [3.05, 3.63) is 59.4 Å². The molecule has 0 bridgehead atoms. The van der Waals surface area contributed by atoms with Crippen LogP contribution < -0.4 is 0 Å². The van der Waals surface area contributed by atoms with E-state index < -0.39 is 11.7 Å². The number of halogens is 5. The van der Waals surface area contributed by atoms with Crippen LogP contribution in [0, 0.1) is 12.3 Å². The fraction of sp³-hybridized carbons (Fsp3) is 0.480. The SMILES string of the molecule is Cc1ncccc1-c1nnc(SCCCN2CC[C@]3(C[C@H]3c3ccccc3C(F)(F)F)C2)n1C.Cl.Cl. The first kappa shape index (κ1) is 28.8. The predicted octanol–water partition coefficient (Wildman–Crippen LogP) is 6.41. The van der Waals surface area contributed by atoms with Crippen LogP contribution >= 0.6 is 36.6 Å². The smallest absolute Gasteiger partial charge is 0.305 e. The van der Waals surface area contributed by atoms with Gasteiger partial charge in [0, 0.05) is 36.8 Å². The lowest BCUT2D eigenvalue weighted by atomic mass is 9.95. The molecule has 1 aliphatic carbocycles. The minimum Gasteiger partial charge on any atom is -0.305 e. The molecule has 0 radical (unpaired) electrons. The van der Waals surface area contributed by atoms with Gasteiger partial charge in [-0.2, -0.15) is 13.2 Å². The Kier molecular flexibility index (Phi) is 9.02. The maximum absolute atomic E-state index is 13.5. The lowest BCUT2D eigenvalue weighted by Gasteiger charge is -2.17. The molecule has 5 rings (SSSR count). The quantitative estimate of drug-likeness (QED) is 0.247. The molecule has 5 nitrogen and oxygen atoms in total. The first-order valence-electron chi connectivity index (χ1n) is 11.6. The van der Waals surface area contributed by atoms with Crippen molar-refractivity contribution >= 4 is 36.6 Å². The molecule has 1 spiro atoms. The van der Waals surface area contributed by atoms with Gasteiger partial charge < -0.3 is 9.47 Å². The van der Waals surface area contributed by atoms with E-state index in [1.807, 2.05) is 30.7 Å². The summed E-state index contributed by atoms with van der Waals surface area (Å²) in [6.07, 6.45) is 0.325. The Bertz CT molecular complexity index is 1190. The summed E-state index contributed by atoms with van der Waals surface area (Å²) in [6.45, 7) is 4.77. The highest BCUT2D eigenvalue weighted by Crippen LogP contribution is 2.65. The number of aromatic nitrogens is 4. The Hall–Kier alpha value is -1.81. The van der Waals surface area contributed by atoms with E-state index in [2.05, 4.69) is 20.1 Å². The molecule has 0 unspecified atom stereocenters. The Morgan fingerprint density at radius 3 is 2.64 bits per heavy atom. The summed E-state index contributed by atoms with van der Waals surface area (Å²) in [5.41, 5.74) is 1.95. The standard InChI is InChI=1S/C25H28F3N5S.2ClH/c1-17-18(8-5-11-29-17)22-30-31-23(32(22)2)34-14-6-12-33-13-10-24(16-33)15-21(24)19-7-3-4-9-20(19)25(26,27)28;;/h3-5,7-9,11,21H,6,10,12-16H2,1-2H3;2*1H/t21-,24-;;/m0../s1. The van der Waals surface area contributed by atoms with Gasteiger partial charge in [-0.25, -0.2) is 0 Å². The second-order valence-electron chi connectivity index (χ2n) is 9.43. The molecule has 2 aliphatic rings. The summed E-state index contributed by atoms with van der Waals surface area (Å²) in [7, 11) is 1.97. The number of hydrogen-bond acceptors (Lipinski definition) is 5. The van der Waals surface area contributed by atoms with Crippen molar-refractivity contribution in [3.8, 4) is 11.4 Å². The van der Waals surface area contributed by atoms with E-state index in [9.17, 15) is 13.2 Å². The van der Waals surface area contributed by atoms with Gasteiger partial charge in [0.1, 0.15) is 0 Å². The minimum absolute atomic E-state index is 0. The molecule has 11 heteroatoms. The third-order valence-electron chi connectivity index (χ3n) is 7.23. The molecule has 1 saturated carbocycles. The number of alkyl halides is 3. The van der Waals surface area contributed by atoms with E-state index in [-0.39, 0.29) is 36.1 Å². The summed E-state index contributed by atoms with van der Waals surface area (Å²) >= 11 is 1.69. The molecule has 1 saturated heterocycles. The van der Waals surface area contributed by atoms with E-state index in [0.29, 0.717) is 5.56 Å². The van der Waals surface area contributed by atoms with Crippen LogP contribution in [0.15, 0.2) is 47.8 Å². The molecule has 0 amide bonds. The van der Waals surface area contributed by atoms with Crippen LogP contribution in [0.25, 0.3) is 11.4 Å². The van der Waals surface area contributed by atoms with E-state index in [4.69, 9.17) is 0 Å². The number of pyridine rings is 1. The highest BCUT2D eigenvalue weighted by molar-refractivity contribution is 7.99. The highest BCUT2D eigenvalue weighted by Gasteiger charge is 2.59. The molecular weight excluding hydrogens is 530 g/mol. The number of benzene rings is 1. The summed E-state index contributed by atoms with van der Waals surface area (Å²) in [6, 6.07) is 10.0. The average Bonchev–Trinajstić information content (AvgIpc) is 3.15. The topological polar surface area (TPSA) is 46.8 Å². The summed E-state index contributed by atoms with van der Waals surface area (Å²) in [5.74, 6) is 1.76. The lowest BCUT2D eigenvalue weighted by molar-refractivity contribution is -0.138. The van der Waals surface area contributed by atoms with Gasteiger partial charge in [-0.05, 0) is 74.4 Å². The number of thioether (sulfide) groups is 1. The van der Waals surface area contributed by atoms with Crippen molar-refractivity contribution in [2.75, 3.05) is 25.4 Å². The molecule has 36 heavy (non-hydrogen) atoms. The van der Waals surface area contributed by atoms with Crippen LogP contribution in [0.1, 0.15) is 42.0 Å². The van der Waals surface area contributed by atoms with Gasteiger partial charge in [-0.3, -0.25) is 4.98 Å². The Morgan fingerprint density at radius 2 is 1.89 bits per heavy atom. The van der Waals surface area contributed by atoms with Crippen molar-refractivity contribution < 1.29 is 13.2 Å². The van der Waals surface area contributed by atoms with Crippen molar-refractivity contribution in [1.82, 2.24) is 24.6 Å². The van der Waals surface area contributed by atoms with E-state index in [0.717, 1.165) is 66.9 Å². The van der Waals surface area contributed by atoms with Crippen molar-refractivity contribution in [1.29, 1.82) is 0 Å². The maximum Gasteiger partial charge on any atom is 0.416 e. The van der Waals surface area contributed by atoms with Gasteiger partial charge in [-0.15, -0.1) is 35.0 Å². The summed E-state index contributed by atoms with van der Waals surface area (Å²) in [4.78, 5) is 6.75. The highest BCUT2D eigenvalue weighted by atomic mass is 35.5. The zero-order valence-corrected chi connectivity index (χ0v) is 22.6. The van der Waals surface area contributed by atoms with Crippen molar-refractivity contribution in [2.45, 2.75) is 43.4 Å². The van der Waals surface area contributed by atoms with Gasteiger partial charge in [-0.1, -0.05) is 30.0 Å². The van der Waals surface area contributed by atoms with Gasteiger partial charge in [0.2, 0.25) is 0 Å². The molecule has 2 fully saturated rings. The lowest BCUT2D eigenvalue weighted by Crippen LogP contribution is -2.23. The second-order valence-corrected chi connectivity index (χ2v) is 10.5. The van der Waals surface area contributed by atoms with E-state index in [1.54, 1.807) is 30.1 Å². The summed E-state index contributed by atoms with van der Waals surface area (Å²) < 4.78 is 42.4. The third kappa shape index (κ3) is 5.69. The molecule has 2 aromatic heterocycles. The van der Waals surface area contributed by atoms with Crippen LogP contribution in [-0.2, 0) is 13.2 Å². The third-order valence-corrected chi connectivity index (χ3v) is 8.33. The number of rotatable bonds is 7. The Morgan fingerprint density at radius 1 is 1.11 bits per heavy atom. The first-order chi connectivity index (χ1) is 16.3. The fourth-order valence-electron chi connectivity index (χ4n) is 5.32. The first-order valence-corrected chi connectivity index (χ1v) is 12.6. The number of nitrogens with zero attached hydrogens (tertiary/aromatic N) is 5. The molecule has 196 valence electrons. The molecule has 0 N–H and O–H groups in total. The molecule has 3 aromatic rings. The van der Waals surface area contributed by atoms with Crippen LogP contribution in [0.3, 0.4) is 0 Å². The largest absolute Gasteiger partial charge is 0.416 e. The second kappa shape index (κ2) is 11.3. The number of aryl methyl sites for hydroxylation is 1. The predicted molar refractivity (Wildman–Crippen MR) is 141 cm³/mol. The van der Waals surface area contributed by atoms with Crippen molar-refractivity contribution in [3.63, 3.8) is 0 Å². The number of hydrogen-bond donors (Lipinski definition) is 0. The molecule has 1 aliphatic heterocycles. The van der Waals surface area contributed by atoms with Gasteiger partial charge in [0.05, 0.1) is 5.56 Å². The molecule has 2 atom stereocenters. The molecule has 1 aromatic carbocycles.